The van der Waals surface area contributed by atoms with E-state index in [4.69, 9.17) is 9.47 Å². The molecule has 0 radical (unpaired) electrons. The fourth-order valence-corrected chi connectivity index (χ4v) is 2.43. The Bertz CT molecular complexity index is 433. The van der Waals surface area contributed by atoms with Gasteiger partial charge < -0.3 is 19.7 Å². The van der Waals surface area contributed by atoms with Gasteiger partial charge in [-0.25, -0.2) is 4.39 Å². The molecule has 1 saturated heterocycles. The maximum absolute atomic E-state index is 13.4. The van der Waals surface area contributed by atoms with Gasteiger partial charge in [0.1, 0.15) is 0 Å². The van der Waals surface area contributed by atoms with Gasteiger partial charge in [0, 0.05) is 32.7 Å². The van der Waals surface area contributed by atoms with Crippen molar-refractivity contribution in [3.05, 3.63) is 23.5 Å². The first-order valence-corrected chi connectivity index (χ1v) is 6.34. The molecule has 0 aromatic heterocycles. The molecule has 1 aromatic carbocycles. The highest BCUT2D eigenvalue weighted by Gasteiger charge is 2.22. The molecule has 1 N–H and O–H groups in total. The van der Waals surface area contributed by atoms with Crippen molar-refractivity contribution >= 4 is 0 Å². The summed E-state index contributed by atoms with van der Waals surface area (Å²) in [5.41, 5.74) is 1.03. The first-order valence-electron chi connectivity index (χ1n) is 6.34. The van der Waals surface area contributed by atoms with Crippen LogP contribution in [0.5, 0.6) is 11.5 Å². The van der Waals surface area contributed by atoms with Crippen molar-refractivity contribution in [2.24, 2.45) is 0 Å². The normalized spacial score (nSPS) is 19.2. The third kappa shape index (κ3) is 2.28. The second-order valence-corrected chi connectivity index (χ2v) is 4.61. The lowest BCUT2D eigenvalue weighted by atomic mass is 10.1. The molecule has 0 amide bonds. The maximum Gasteiger partial charge on any atom is 0.231 e. The standard InChI is InChI=1S/C13H17FN2O2/c14-11-2-1-10(12-13(11)18-9-17-12)3-6-16-7-4-15-5-8-16/h1-2,15H,3-9H2. The first-order chi connectivity index (χ1) is 8.84. The predicted octanol–water partition coefficient (Wildman–Crippen LogP) is 1.00. The van der Waals surface area contributed by atoms with Crippen LogP contribution in [0.25, 0.3) is 0 Å². The summed E-state index contributed by atoms with van der Waals surface area (Å²) in [6.07, 6.45) is 0.867. The molecule has 98 valence electrons. The van der Waals surface area contributed by atoms with Gasteiger partial charge in [-0.2, -0.15) is 0 Å². The number of hydrogen-bond acceptors (Lipinski definition) is 4. The van der Waals surface area contributed by atoms with Gasteiger partial charge in [-0.05, 0) is 18.1 Å². The highest BCUT2D eigenvalue weighted by atomic mass is 19.1. The Morgan fingerprint density at radius 3 is 2.78 bits per heavy atom. The number of halogens is 1. The summed E-state index contributed by atoms with van der Waals surface area (Å²) in [6, 6.07) is 3.26. The average Bonchev–Trinajstić information content (AvgIpc) is 2.90. The van der Waals surface area contributed by atoms with E-state index >= 15 is 0 Å². The molecule has 0 spiro atoms. The minimum absolute atomic E-state index is 0.122. The quantitative estimate of drug-likeness (QED) is 0.870. The van der Waals surface area contributed by atoms with Crippen LogP contribution in [0.1, 0.15) is 5.56 Å². The number of nitrogens with one attached hydrogen (secondary N) is 1. The Labute approximate surface area is 106 Å². The van der Waals surface area contributed by atoms with E-state index in [9.17, 15) is 4.39 Å². The van der Waals surface area contributed by atoms with Crippen LogP contribution in [0, 0.1) is 5.82 Å². The number of nitrogens with zero attached hydrogens (tertiary/aromatic N) is 1. The van der Waals surface area contributed by atoms with E-state index in [1.165, 1.54) is 6.07 Å². The van der Waals surface area contributed by atoms with Crippen LogP contribution >= 0.6 is 0 Å². The zero-order valence-electron chi connectivity index (χ0n) is 10.2. The van der Waals surface area contributed by atoms with E-state index in [1.54, 1.807) is 6.07 Å². The molecule has 2 aliphatic rings. The highest BCUT2D eigenvalue weighted by molar-refractivity contribution is 5.49. The smallest absolute Gasteiger partial charge is 0.231 e. The van der Waals surface area contributed by atoms with Gasteiger partial charge in [0.05, 0.1) is 0 Å². The van der Waals surface area contributed by atoms with Crippen LogP contribution in [0.15, 0.2) is 12.1 Å². The Kier molecular flexibility index (Phi) is 3.34. The predicted molar refractivity (Wildman–Crippen MR) is 65.5 cm³/mol. The first kappa shape index (κ1) is 11.7. The van der Waals surface area contributed by atoms with Crippen molar-refractivity contribution in [3.63, 3.8) is 0 Å². The van der Waals surface area contributed by atoms with E-state index < -0.39 is 0 Å². The van der Waals surface area contributed by atoms with Crippen molar-refractivity contribution in [1.82, 2.24) is 10.2 Å². The lowest BCUT2D eigenvalue weighted by Gasteiger charge is -2.27. The molecule has 0 bridgehead atoms. The lowest BCUT2D eigenvalue weighted by molar-refractivity contribution is 0.170. The summed E-state index contributed by atoms with van der Waals surface area (Å²) >= 11 is 0. The largest absolute Gasteiger partial charge is 0.453 e. The van der Waals surface area contributed by atoms with Crippen LogP contribution in [-0.2, 0) is 6.42 Å². The molecule has 0 atom stereocenters. The molecule has 4 nitrogen and oxygen atoms in total. The van der Waals surface area contributed by atoms with Gasteiger partial charge in [-0.15, -0.1) is 0 Å². The van der Waals surface area contributed by atoms with Crippen LogP contribution < -0.4 is 14.8 Å². The van der Waals surface area contributed by atoms with Gasteiger partial charge in [0.15, 0.2) is 11.6 Å². The second kappa shape index (κ2) is 5.12. The fraction of sp³-hybridized carbons (Fsp3) is 0.538. The van der Waals surface area contributed by atoms with E-state index in [2.05, 4.69) is 10.2 Å². The van der Waals surface area contributed by atoms with Crippen molar-refractivity contribution in [2.45, 2.75) is 6.42 Å². The Balaban J connectivity index is 1.67. The van der Waals surface area contributed by atoms with Gasteiger partial charge in [-0.1, -0.05) is 6.07 Å². The fourth-order valence-electron chi connectivity index (χ4n) is 2.43. The molecular formula is C13H17FN2O2. The topological polar surface area (TPSA) is 33.7 Å². The minimum atomic E-state index is -0.339. The molecule has 0 unspecified atom stereocenters. The summed E-state index contributed by atoms with van der Waals surface area (Å²) in [5, 5.41) is 3.33. The van der Waals surface area contributed by atoms with Crippen molar-refractivity contribution in [2.75, 3.05) is 39.5 Å². The maximum atomic E-state index is 13.4. The van der Waals surface area contributed by atoms with Gasteiger partial charge in [0.2, 0.25) is 12.5 Å². The van der Waals surface area contributed by atoms with Crippen LogP contribution in [0.3, 0.4) is 0 Å². The average molecular weight is 252 g/mol. The number of benzene rings is 1. The van der Waals surface area contributed by atoms with Gasteiger partial charge in [-0.3, -0.25) is 0 Å². The van der Waals surface area contributed by atoms with Gasteiger partial charge >= 0.3 is 0 Å². The third-order valence-corrected chi connectivity index (χ3v) is 3.46. The second-order valence-electron chi connectivity index (χ2n) is 4.61. The molecular weight excluding hydrogens is 235 g/mol. The third-order valence-electron chi connectivity index (χ3n) is 3.46. The number of rotatable bonds is 3. The molecule has 2 heterocycles. The van der Waals surface area contributed by atoms with Crippen molar-refractivity contribution < 1.29 is 13.9 Å². The van der Waals surface area contributed by atoms with Crippen LogP contribution in [0.2, 0.25) is 0 Å². The summed E-state index contributed by atoms with van der Waals surface area (Å²) < 4.78 is 23.9. The van der Waals surface area contributed by atoms with Crippen LogP contribution in [-0.4, -0.2) is 44.4 Å². The molecule has 0 saturated carbocycles. The molecule has 5 heteroatoms. The van der Waals surface area contributed by atoms with Crippen molar-refractivity contribution in [3.8, 4) is 11.5 Å². The minimum Gasteiger partial charge on any atom is -0.453 e. The summed E-state index contributed by atoms with van der Waals surface area (Å²) in [5.74, 6) is 0.520. The van der Waals surface area contributed by atoms with E-state index in [1.807, 2.05) is 0 Å². The summed E-state index contributed by atoms with van der Waals surface area (Å²) in [6.45, 7) is 5.32. The highest BCUT2D eigenvalue weighted by Crippen LogP contribution is 2.38. The molecule has 18 heavy (non-hydrogen) atoms. The number of piperazine rings is 1. The Morgan fingerprint density at radius 1 is 1.17 bits per heavy atom. The number of hydrogen-bond donors (Lipinski definition) is 1. The molecule has 0 aliphatic carbocycles. The molecule has 3 rings (SSSR count). The van der Waals surface area contributed by atoms with E-state index in [-0.39, 0.29) is 18.4 Å². The van der Waals surface area contributed by atoms with Crippen molar-refractivity contribution in [1.29, 1.82) is 0 Å². The molecule has 1 aromatic rings. The van der Waals surface area contributed by atoms with Gasteiger partial charge in [0.25, 0.3) is 0 Å². The summed E-state index contributed by atoms with van der Waals surface area (Å²) in [4.78, 5) is 2.40. The molecule has 1 fully saturated rings. The SMILES string of the molecule is Fc1ccc(CCN2CCNCC2)c2c1OCO2. The molecule has 2 aliphatic heterocycles. The van der Waals surface area contributed by atoms with E-state index in [0.717, 1.165) is 44.7 Å². The Hall–Kier alpha value is -1.33. The summed E-state index contributed by atoms with van der Waals surface area (Å²) in [7, 11) is 0. The zero-order valence-corrected chi connectivity index (χ0v) is 10.2. The number of ether oxygens (including phenoxy) is 2. The Morgan fingerprint density at radius 2 is 1.94 bits per heavy atom. The zero-order chi connectivity index (χ0) is 12.4. The lowest BCUT2D eigenvalue weighted by Crippen LogP contribution is -2.44. The van der Waals surface area contributed by atoms with Crippen LogP contribution in [0.4, 0.5) is 4.39 Å². The number of fused-ring (bicyclic) bond motifs is 1. The van der Waals surface area contributed by atoms with E-state index in [0.29, 0.717) is 5.75 Å². The monoisotopic (exact) mass is 252 g/mol.